The van der Waals surface area contributed by atoms with Gasteiger partial charge in [-0.1, -0.05) is 30.4 Å². The number of carbonyl (C=O) groups is 1. The van der Waals surface area contributed by atoms with Crippen LogP contribution in [0.4, 0.5) is 0 Å². The SMILES string of the molecule is O=C1Oc2ccccc2C(O)C1=S. The Morgan fingerprint density at radius 2 is 2.08 bits per heavy atom. The Morgan fingerprint density at radius 3 is 2.85 bits per heavy atom. The highest BCUT2D eigenvalue weighted by Crippen LogP contribution is 2.30. The standard InChI is InChI=1S/C9H6O3S/c10-7-5-3-1-2-4-6(5)12-9(11)8(7)13/h1-4,7,10H. The van der Waals surface area contributed by atoms with Gasteiger partial charge in [-0.2, -0.15) is 0 Å². The predicted octanol–water partition coefficient (Wildman–Crippen LogP) is 1.01. The molecule has 2 rings (SSSR count). The van der Waals surface area contributed by atoms with Crippen molar-refractivity contribution in [3.63, 3.8) is 0 Å². The van der Waals surface area contributed by atoms with E-state index in [0.29, 0.717) is 11.3 Å². The number of para-hydroxylation sites is 1. The van der Waals surface area contributed by atoms with E-state index >= 15 is 0 Å². The summed E-state index contributed by atoms with van der Waals surface area (Å²) in [7, 11) is 0. The number of fused-ring (bicyclic) bond motifs is 1. The van der Waals surface area contributed by atoms with Crippen LogP contribution < -0.4 is 4.74 Å². The van der Waals surface area contributed by atoms with Gasteiger partial charge in [0.15, 0.2) is 0 Å². The van der Waals surface area contributed by atoms with Gasteiger partial charge in [0.05, 0.1) is 0 Å². The Balaban J connectivity index is 2.55. The number of rotatable bonds is 0. The van der Waals surface area contributed by atoms with E-state index < -0.39 is 12.1 Å². The van der Waals surface area contributed by atoms with E-state index in [1.54, 1.807) is 24.3 Å². The first kappa shape index (κ1) is 8.34. The van der Waals surface area contributed by atoms with E-state index in [0.717, 1.165) is 0 Å². The van der Waals surface area contributed by atoms with E-state index in [-0.39, 0.29) is 4.86 Å². The first-order valence-electron chi connectivity index (χ1n) is 3.73. The molecule has 0 saturated heterocycles. The van der Waals surface area contributed by atoms with Crippen LogP contribution in [0.1, 0.15) is 11.7 Å². The molecule has 0 fully saturated rings. The molecule has 0 aromatic heterocycles. The molecule has 0 spiro atoms. The molecule has 1 aliphatic rings. The highest BCUT2D eigenvalue weighted by atomic mass is 32.1. The molecule has 4 heteroatoms. The zero-order valence-electron chi connectivity index (χ0n) is 6.56. The van der Waals surface area contributed by atoms with Crippen LogP contribution in [0.2, 0.25) is 0 Å². The van der Waals surface area contributed by atoms with E-state index in [4.69, 9.17) is 17.0 Å². The molecule has 0 amide bonds. The Morgan fingerprint density at radius 1 is 1.38 bits per heavy atom. The lowest BCUT2D eigenvalue weighted by Gasteiger charge is -2.20. The molecule has 0 bridgehead atoms. The molecule has 13 heavy (non-hydrogen) atoms. The minimum atomic E-state index is -1.01. The summed E-state index contributed by atoms with van der Waals surface area (Å²) >= 11 is 4.70. The Labute approximate surface area is 79.9 Å². The fourth-order valence-electron chi connectivity index (χ4n) is 1.20. The summed E-state index contributed by atoms with van der Waals surface area (Å²) in [6.07, 6.45) is -1.01. The first-order chi connectivity index (χ1) is 6.20. The number of hydrogen-bond donors (Lipinski definition) is 1. The number of thiocarbonyl (C=S) groups is 1. The van der Waals surface area contributed by atoms with Crippen LogP contribution in [0.3, 0.4) is 0 Å². The predicted molar refractivity (Wildman–Crippen MR) is 49.6 cm³/mol. The second-order valence-corrected chi connectivity index (χ2v) is 3.13. The largest absolute Gasteiger partial charge is 0.422 e. The third kappa shape index (κ3) is 1.24. The molecular weight excluding hydrogens is 188 g/mol. The van der Waals surface area contributed by atoms with Gasteiger partial charge >= 0.3 is 5.97 Å². The normalized spacial score (nSPS) is 20.8. The molecule has 1 N–H and O–H groups in total. The molecule has 1 aromatic carbocycles. The van der Waals surface area contributed by atoms with E-state index in [2.05, 4.69) is 0 Å². The Bertz CT molecular complexity index is 386. The Kier molecular flexibility index (Phi) is 1.86. The van der Waals surface area contributed by atoms with E-state index in [1.165, 1.54) is 0 Å². The van der Waals surface area contributed by atoms with Crippen molar-refractivity contribution >= 4 is 23.1 Å². The number of ether oxygens (including phenoxy) is 1. The number of aliphatic hydroxyl groups excluding tert-OH is 1. The number of esters is 1. The van der Waals surface area contributed by atoms with Crippen molar-refractivity contribution in [1.82, 2.24) is 0 Å². The Hall–Kier alpha value is -1.26. The molecule has 1 unspecified atom stereocenters. The highest BCUT2D eigenvalue weighted by Gasteiger charge is 2.30. The van der Waals surface area contributed by atoms with E-state index in [9.17, 15) is 9.90 Å². The van der Waals surface area contributed by atoms with Gasteiger partial charge in [-0.25, -0.2) is 4.79 Å². The third-order valence-electron chi connectivity index (χ3n) is 1.87. The monoisotopic (exact) mass is 194 g/mol. The van der Waals surface area contributed by atoms with Crippen LogP contribution >= 0.6 is 12.2 Å². The topological polar surface area (TPSA) is 46.5 Å². The third-order valence-corrected chi connectivity index (χ3v) is 2.26. The number of hydrogen-bond acceptors (Lipinski definition) is 4. The maximum absolute atomic E-state index is 11.0. The van der Waals surface area contributed by atoms with Crippen LogP contribution in [0.5, 0.6) is 5.75 Å². The summed E-state index contributed by atoms with van der Waals surface area (Å²) < 4.78 is 4.87. The second-order valence-electron chi connectivity index (χ2n) is 2.69. The lowest BCUT2D eigenvalue weighted by molar-refractivity contribution is -0.128. The van der Waals surface area contributed by atoms with Crippen molar-refractivity contribution in [1.29, 1.82) is 0 Å². The van der Waals surface area contributed by atoms with Crippen molar-refractivity contribution < 1.29 is 14.6 Å². The summed E-state index contributed by atoms with van der Waals surface area (Å²) in [5.74, 6) is -0.255. The fraction of sp³-hybridized carbons (Fsp3) is 0.111. The molecule has 1 heterocycles. The zero-order valence-corrected chi connectivity index (χ0v) is 7.38. The van der Waals surface area contributed by atoms with Crippen LogP contribution in [0.25, 0.3) is 0 Å². The number of benzene rings is 1. The van der Waals surface area contributed by atoms with Crippen molar-refractivity contribution in [3.8, 4) is 5.75 Å². The summed E-state index contributed by atoms with van der Waals surface area (Å²) in [6, 6.07) is 6.79. The summed E-state index contributed by atoms with van der Waals surface area (Å²) in [6.45, 7) is 0. The van der Waals surface area contributed by atoms with E-state index in [1.807, 2.05) is 0 Å². The van der Waals surface area contributed by atoms with Gasteiger partial charge in [-0.15, -0.1) is 0 Å². The van der Waals surface area contributed by atoms with Crippen LogP contribution in [0, 0.1) is 0 Å². The van der Waals surface area contributed by atoms with Crippen LogP contribution in [0.15, 0.2) is 24.3 Å². The van der Waals surface area contributed by atoms with Gasteiger partial charge < -0.3 is 9.84 Å². The minimum Gasteiger partial charge on any atom is -0.422 e. The van der Waals surface area contributed by atoms with Gasteiger partial charge in [-0.05, 0) is 6.07 Å². The minimum absolute atomic E-state index is 0.0845. The zero-order chi connectivity index (χ0) is 9.42. The molecule has 1 aromatic rings. The quantitative estimate of drug-likeness (QED) is 0.380. The average Bonchev–Trinajstić information content (AvgIpc) is 2.15. The molecule has 0 aliphatic carbocycles. The van der Waals surface area contributed by atoms with Crippen LogP contribution in [-0.4, -0.2) is 15.9 Å². The highest BCUT2D eigenvalue weighted by molar-refractivity contribution is 7.82. The van der Waals surface area contributed by atoms with Gasteiger partial charge in [0.2, 0.25) is 0 Å². The summed E-state index contributed by atoms with van der Waals surface area (Å²) in [5, 5.41) is 9.56. The molecular formula is C9H6O3S. The second kappa shape index (κ2) is 2.90. The van der Waals surface area contributed by atoms with Crippen LogP contribution in [-0.2, 0) is 4.79 Å². The lowest BCUT2D eigenvalue weighted by atomic mass is 10.0. The van der Waals surface area contributed by atoms with Crippen molar-refractivity contribution in [3.05, 3.63) is 29.8 Å². The van der Waals surface area contributed by atoms with Gasteiger partial charge in [0, 0.05) is 5.56 Å². The maximum atomic E-state index is 11.0. The molecule has 66 valence electrons. The summed E-state index contributed by atoms with van der Waals surface area (Å²) in [4.78, 5) is 11.0. The molecule has 0 radical (unpaired) electrons. The maximum Gasteiger partial charge on any atom is 0.353 e. The average molecular weight is 194 g/mol. The van der Waals surface area contributed by atoms with Crippen molar-refractivity contribution in [2.24, 2.45) is 0 Å². The fourth-order valence-corrected chi connectivity index (χ4v) is 1.37. The number of aliphatic hydroxyl groups is 1. The van der Waals surface area contributed by atoms with Crippen molar-refractivity contribution in [2.45, 2.75) is 6.10 Å². The molecule has 1 aliphatic heterocycles. The lowest BCUT2D eigenvalue weighted by Crippen LogP contribution is -2.30. The van der Waals surface area contributed by atoms with Crippen molar-refractivity contribution in [2.75, 3.05) is 0 Å². The summed E-state index contributed by atoms with van der Waals surface area (Å²) in [5.41, 5.74) is 0.548. The molecule has 0 saturated carbocycles. The van der Waals surface area contributed by atoms with Gasteiger partial charge in [-0.3, -0.25) is 0 Å². The van der Waals surface area contributed by atoms with Gasteiger partial charge in [0.25, 0.3) is 0 Å². The first-order valence-corrected chi connectivity index (χ1v) is 4.14. The number of carbonyl (C=O) groups excluding carboxylic acids is 1. The smallest absolute Gasteiger partial charge is 0.353 e. The molecule has 3 nitrogen and oxygen atoms in total. The van der Waals surface area contributed by atoms with Gasteiger partial charge in [0.1, 0.15) is 16.7 Å². The molecule has 1 atom stereocenters.